The minimum atomic E-state index is 0.300. The summed E-state index contributed by atoms with van der Waals surface area (Å²) in [5.41, 5.74) is 2.12. The molecule has 0 aromatic carbocycles. The minimum Gasteiger partial charge on any atom is -0.344 e. The second kappa shape index (κ2) is 3.29. The van der Waals surface area contributed by atoms with Crippen molar-refractivity contribution in [2.45, 2.75) is 25.7 Å². The van der Waals surface area contributed by atoms with Gasteiger partial charge in [0.25, 0.3) is 0 Å². The zero-order chi connectivity index (χ0) is 9.42. The van der Waals surface area contributed by atoms with Gasteiger partial charge in [0.15, 0.2) is 5.78 Å². The fraction of sp³-hybridized carbons (Fsp3) is 0.500. The molecule has 1 heterocycles. The first-order valence-corrected chi connectivity index (χ1v) is 5.36. The summed E-state index contributed by atoms with van der Waals surface area (Å²) in [5.74, 6) is 0.300. The lowest BCUT2D eigenvalue weighted by molar-refractivity contribution is 0.0982. The molecule has 0 atom stereocenters. The predicted octanol–water partition coefficient (Wildman–Crippen LogP) is 2.70. The van der Waals surface area contributed by atoms with Crippen molar-refractivity contribution in [3.8, 4) is 0 Å². The molecule has 0 spiro atoms. The van der Waals surface area contributed by atoms with Crippen molar-refractivity contribution in [1.29, 1.82) is 0 Å². The summed E-state index contributed by atoms with van der Waals surface area (Å²) >= 11 is 3.51. The second-order valence-corrected chi connectivity index (χ2v) is 4.30. The van der Waals surface area contributed by atoms with Crippen LogP contribution in [-0.4, -0.2) is 10.4 Å². The van der Waals surface area contributed by atoms with Gasteiger partial charge in [-0.3, -0.25) is 4.79 Å². The summed E-state index contributed by atoms with van der Waals surface area (Å²) in [7, 11) is 1.96. The Balaban J connectivity index is 2.53. The van der Waals surface area contributed by atoms with Gasteiger partial charge < -0.3 is 4.57 Å². The third-order valence-corrected chi connectivity index (χ3v) is 3.63. The van der Waals surface area contributed by atoms with Crippen molar-refractivity contribution in [3.63, 3.8) is 0 Å². The number of ketones is 1. The molecule has 2 rings (SSSR count). The smallest absolute Gasteiger partial charge is 0.164 e. The lowest BCUT2D eigenvalue weighted by Gasteiger charge is -1.97. The molecule has 1 aliphatic carbocycles. The first-order chi connectivity index (χ1) is 6.20. The molecule has 0 unspecified atom stereocenters. The van der Waals surface area contributed by atoms with Crippen LogP contribution >= 0.6 is 15.9 Å². The summed E-state index contributed by atoms with van der Waals surface area (Å²) in [6.45, 7) is 0. The zero-order valence-corrected chi connectivity index (χ0v) is 9.23. The number of carbonyl (C=O) groups excluding carboxylic acids is 1. The van der Waals surface area contributed by atoms with E-state index < -0.39 is 0 Å². The molecule has 0 radical (unpaired) electrons. The maximum Gasteiger partial charge on any atom is 0.164 e. The lowest BCUT2D eigenvalue weighted by atomic mass is 10.1. The van der Waals surface area contributed by atoms with Crippen molar-refractivity contribution in [3.05, 3.63) is 21.9 Å². The number of hydrogen-bond donors (Lipinski definition) is 0. The Labute approximate surface area is 86.1 Å². The number of hydrogen-bond acceptors (Lipinski definition) is 1. The van der Waals surface area contributed by atoms with Gasteiger partial charge in [0, 0.05) is 25.2 Å². The van der Waals surface area contributed by atoms with Crippen LogP contribution in [0.4, 0.5) is 0 Å². The van der Waals surface area contributed by atoms with E-state index in [-0.39, 0.29) is 0 Å². The third kappa shape index (κ3) is 1.46. The molecule has 1 aromatic rings. The van der Waals surface area contributed by atoms with Crippen LogP contribution in [0.15, 0.2) is 10.8 Å². The fourth-order valence-corrected chi connectivity index (χ4v) is 2.37. The number of rotatable bonds is 0. The molecule has 3 heteroatoms. The average molecular weight is 242 g/mol. The predicted molar refractivity (Wildman–Crippen MR) is 55.0 cm³/mol. The number of halogens is 1. The Bertz CT molecular complexity index is 354. The first-order valence-electron chi connectivity index (χ1n) is 4.57. The third-order valence-electron chi connectivity index (χ3n) is 2.59. The van der Waals surface area contributed by atoms with Crippen molar-refractivity contribution >= 4 is 21.7 Å². The molecule has 70 valence electrons. The number of fused-ring (bicyclic) bond motifs is 1. The van der Waals surface area contributed by atoms with Crippen molar-refractivity contribution < 1.29 is 4.79 Å². The standard InChI is InChI=1S/C10H12BrNO/c1-12-6-8-7(10(12)11)4-2-3-5-9(8)13/h6H,2-5H2,1H3. The molecule has 0 fully saturated rings. The van der Waals surface area contributed by atoms with E-state index in [2.05, 4.69) is 15.9 Å². The fourth-order valence-electron chi connectivity index (χ4n) is 1.85. The van der Waals surface area contributed by atoms with E-state index in [0.29, 0.717) is 12.2 Å². The van der Waals surface area contributed by atoms with E-state index in [1.54, 1.807) is 0 Å². The molecule has 0 saturated heterocycles. The van der Waals surface area contributed by atoms with E-state index in [4.69, 9.17) is 0 Å². The van der Waals surface area contributed by atoms with Crippen LogP contribution < -0.4 is 0 Å². The van der Waals surface area contributed by atoms with E-state index in [1.165, 1.54) is 5.56 Å². The van der Waals surface area contributed by atoms with Gasteiger partial charge in [-0.15, -0.1) is 0 Å². The Morgan fingerprint density at radius 3 is 2.85 bits per heavy atom. The molecule has 0 N–H and O–H groups in total. The topological polar surface area (TPSA) is 22.0 Å². The lowest BCUT2D eigenvalue weighted by Crippen LogP contribution is -1.96. The molecule has 1 aromatic heterocycles. The van der Waals surface area contributed by atoms with E-state index in [9.17, 15) is 4.79 Å². The van der Waals surface area contributed by atoms with E-state index >= 15 is 0 Å². The van der Waals surface area contributed by atoms with Crippen LogP contribution in [0.2, 0.25) is 0 Å². The van der Waals surface area contributed by atoms with Crippen molar-refractivity contribution in [2.75, 3.05) is 0 Å². The molecule has 0 amide bonds. The minimum absolute atomic E-state index is 0.300. The van der Waals surface area contributed by atoms with Crippen LogP contribution in [0, 0.1) is 0 Å². The summed E-state index contributed by atoms with van der Waals surface area (Å²) in [6.07, 6.45) is 5.84. The van der Waals surface area contributed by atoms with Crippen LogP contribution in [0.5, 0.6) is 0 Å². The largest absolute Gasteiger partial charge is 0.344 e. The Hall–Kier alpha value is -0.570. The van der Waals surface area contributed by atoms with Gasteiger partial charge in [-0.1, -0.05) is 0 Å². The van der Waals surface area contributed by atoms with Crippen LogP contribution in [0.25, 0.3) is 0 Å². The number of nitrogens with zero attached hydrogens (tertiary/aromatic N) is 1. The van der Waals surface area contributed by atoms with Gasteiger partial charge in [-0.25, -0.2) is 0 Å². The summed E-state index contributed by atoms with van der Waals surface area (Å²) < 4.78 is 3.05. The van der Waals surface area contributed by atoms with Gasteiger partial charge in [0.05, 0.1) is 4.60 Å². The van der Waals surface area contributed by atoms with E-state index in [1.807, 2.05) is 17.8 Å². The molecule has 2 nitrogen and oxygen atoms in total. The highest BCUT2D eigenvalue weighted by Gasteiger charge is 2.20. The zero-order valence-electron chi connectivity index (χ0n) is 7.64. The van der Waals surface area contributed by atoms with Crippen LogP contribution in [0.3, 0.4) is 0 Å². The van der Waals surface area contributed by atoms with Gasteiger partial charge in [-0.2, -0.15) is 0 Å². The van der Waals surface area contributed by atoms with Gasteiger partial charge in [0.1, 0.15) is 0 Å². The molecule has 1 aliphatic rings. The van der Waals surface area contributed by atoms with Crippen molar-refractivity contribution in [2.24, 2.45) is 7.05 Å². The first kappa shape index (κ1) is 9.00. The van der Waals surface area contributed by atoms with Crippen molar-refractivity contribution in [1.82, 2.24) is 4.57 Å². The molecule has 0 bridgehead atoms. The van der Waals surface area contributed by atoms with Crippen LogP contribution in [-0.2, 0) is 13.5 Å². The summed E-state index contributed by atoms with van der Waals surface area (Å²) in [6, 6.07) is 0. The Kier molecular flexibility index (Phi) is 2.28. The molecule has 0 aliphatic heterocycles. The Morgan fingerprint density at radius 2 is 2.08 bits per heavy atom. The number of carbonyl (C=O) groups is 1. The maximum atomic E-state index is 11.6. The number of Topliss-reactive ketones (excluding diaryl/α,β-unsaturated/α-hetero) is 1. The molecular weight excluding hydrogens is 230 g/mol. The highest BCUT2D eigenvalue weighted by molar-refractivity contribution is 9.10. The Morgan fingerprint density at radius 1 is 1.38 bits per heavy atom. The molecule has 0 saturated carbocycles. The van der Waals surface area contributed by atoms with Crippen LogP contribution in [0.1, 0.15) is 35.2 Å². The summed E-state index contributed by atoms with van der Waals surface area (Å²) in [5, 5.41) is 0. The monoisotopic (exact) mass is 241 g/mol. The van der Waals surface area contributed by atoms with Gasteiger partial charge >= 0.3 is 0 Å². The van der Waals surface area contributed by atoms with Gasteiger partial charge in [0.2, 0.25) is 0 Å². The SMILES string of the molecule is Cn1cc2c(c1Br)CCCCC2=O. The molecular formula is C10H12BrNO. The normalized spacial score (nSPS) is 16.9. The maximum absolute atomic E-state index is 11.6. The number of aromatic nitrogens is 1. The highest BCUT2D eigenvalue weighted by Crippen LogP contribution is 2.28. The van der Waals surface area contributed by atoms with Gasteiger partial charge in [-0.05, 0) is 40.8 Å². The number of aryl methyl sites for hydroxylation is 1. The average Bonchev–Trinajstić information content (AvgIpc) is 2.30. The van der Waals surface area contributed by atoms with E-state index in [0.717, 1.165) is 29.4 Å². The quantitative estimate of drug-likeness (QED) is 0.641. The second-order valence-electron chi connectivity index (χ2n) is 3.55. The summed E-state index contributed by atoms with van der Waals surface area (Å²) in [4.78, 5) is 11.6. The molecule has 13 heavy (non-hydrogen) atoms. The highest BCUT2D eigenvalue weighted by atomic mass is 79.9.